The summed E-state index contributed by atoms with van der Waals surface area (Å²) < 4.78 is 40.4. The first-order valence-corrected chi connectivity index (χ1v) is 8.25. The highest BCUT2D eigenvalue weighted by atomic mass is 32.2. The van der Waals surface area contributed by atoms with Gasteiger partial charge >= 0.3 is 0 Å². The number of amides is 1. The van der Waals surface area contributed by atoms with Crippen LogP contribution in [0.15, 0.2) is 23.4 Å². The number of sulfonamides is 1. The molecule has 1 aliphatic rings. The summed E-state index contributed by atoms with van der Waals surface area (Å²) in [5, 5.41) is 8.73. The van der Waals surface area contributed by atoms with Crippen LogP contribution >= 0.6 is 0 Å². The number of carbonyl (C=O) groups excluding carboxylic acids is 1. The molecule has 3 rings (SSSR count). The van der Waals surface area contributed by atoms with Crippen molar-refractivity contribution in [2.24, 2.45) is 0 Å². The van der Waals surface area contributed by atoms with Gasteiger partial charge in [-0.15, -0.1) is 0 Å². The van der Waals surface area contributed by atoms with Gasteiger partial charge in [0.05, 0.1) is 6.54 Å². The predicted molar refractivity (Wildman–Crippen MR) is 78.4 cm³/mol. The summed E-state index contributed by atoms with van der Waals surface area (Å²) in [7, 11) is -2.70. The Labute approximate surface area is 131 Å². The molecule has 1 aromatic carbocycles. The Hall–Kier alpha value is -2.33. The smallest absolute Gasteiger partial charge is 0.246 e. The first-order valence-electron chi connectivity index (χ1n) is 6.81. The van der Waals surface area contributed by atoms with E-state index in [1.165, 1.54) is 19.4 Å². The molecule has 0 fully saturated rings. The molecule has 0 atom stereocenters. The number of carbonyl (C=O) groups is 1. The molecular formula is C13H14FN5O3S. The largest absolute Gasteiger partial charge is 0.326 e. The maximum Gasteiger partial charge on any atom is 0.246 e. The molecule has 1 amide bonds. The van der Waals surface area contributed by atoms with E-state index >= 15 is 0 Å². The number of aromatic amines is 1. The number of aryl methyl sites for hydroxylation is 1. The molecule has 0 radical (unpaired) electrons. The Bertz CT molecular complexity index is 851. The van der Waals surface area contributed by atoms with Crippen LogP contribution in [0.25, 0.3) is 0 Å². The van der Waals surface area contributed by atoms with Gasteiger partial charge in [0.15, 0.2) is 0 Å². The van der Waals surface area contributed by atoms with E-state index in [1.54, 1.807) is 0 Å². The summed E-state index contributed by atoms with van der Waals surface area (Å²) in [5.74, 6) is -0.771. The summed E-state index contributed by atoms with van der Waals surface area (Å²) in [6.45, 7) is -0.0599. The zero-order valence-electron chi connectivity index (χ0n) is 12.2. The monoisotopic (exact) mass is 339 g/mol. The molecule has 23 heavy (non-hydrogen) atoms. The summed E-state index contributed by atoms with van der Waals surface area (Å²) >= 11 is 0. The molecule has 2 aromatic rings. The van der Waals surface area contributed by atoms with Crippen molar-refractivity contribution in [3.05, 3.63) is 35.7 Å². The molecular weight excluding hydrogens is 325 g/mol. The zero-order chi connectivity index (χ0) is 16.6. The van der Waals surface area contributed by atoms with Crippen molar-refractivity contribution in [2.45, 2.75) is 24.3 Å². The highest BCUT2D eigenvalue weighted by molar-refractivity contribution is 7.89. The summed E-state index contributed by atoms with van der Waals surface area (Å²) in [5.41, 5.74) is 0.910. The molecule has 0 unspecified atom stereocenters. The minimum Gasteiger partial charge on any atom is -0.326 e. The lowest BCUT2D eigenvalue weighted by atomic mass is 10.0. The van der Waals surface area contributed by atoms with Crippen molar-refractivity contribution in [1.82, 2.24) is 19.5 Å². The summed E-state index contributed by atoms with van der Waals surface area (Å²) in [6, 6.07) is 2.32. The molecule has 8 nitrogen and oxygen atoms in total. The van der Waals surface area contributed by atoms with Gasteiger partial charge < -0.3 is 5.32 Å². The van der Waals surface area contributed by atoms with Gasteiger partial charge in [-0.3, -0.25) is 9.89 Å². The molecule has 0 saturated carbocycles. The Morgan fingerprint density at radius 1 is 1.35 bits per heavy atom. The third-order valence-electron chi connectivity index (χ3n) is 3.58. The van der Waals surface area contributed by atoms with Crippen molar-refractivity contribution < 1.29 is 17.6 Å². The number of H-pyrrole nitrogens is 1. The lowest BCUT2D eigenvalue weighted by Crippen LogP contribution is -2.28. The molecule has 0 bridgehead atoms. The minimum atomic E-state index is -4.03. The molecule has 0 saturated heterocycles. The van der Waals surface area contributed by atoms with E-state index in [0.29, 0.717) is 23.5 Å². The van der Waals surface area contributed by atoms with Crippen molar-refractivity contribution in [1.29, 1.82) is 0 Å². The molecule has 1 aliphatic heterocycles. The highest BCUT2D eigenvalue weighted by Gasteiger charge is 2.28. The van der Waals surface area contributed by atoms with E-state index < -0.39 is 20.7 Å². The average Bonchev–Trinajstić information content (AvgIpc) is 2.99. The molecule has 122 valence electrons. The van der Waals surface area contributed by atoms with Gasteiger partial charge in [0, 0.05) is 19.2 Å². The second-order valence-corrected chi connectivity index (χ2v) is 7.19. The molecule has 1 aromatic heterocycles. The zero-order valence-corrected chi connectivity index (χ0v) is 13.0. The Morgan fingerprint density at radius 3 is 2.83 bits per heavy atom. The van der Waals surface area contributed by atoms with E-state index in [4.69, 9.17) is 0 Å². The fourth-order valence-electron chi connectivity index (χ4n) is 2.35. The fraction of sp³-hybridized carbons (Fsp3) is 0.308. The van der Waals surface area contributed by atoms with Crippen LogP contribution in [0.1, 0.15) is 17.8 Å². The van der Waals surface area contributed by atoms with Crippen LogP contribution in [0, 0.1) is 5.82 Å². The molecule has 0 spiro atoms. The van der Waals surface area contributed by atoms with Crippen molar-refractivity contribution in [3.8, 4) is 0 Å². The standard InChI is InChI=1S/C13H14FN5O3S/c1-19(6-12-15-7-16-18-12)23(21,22)11-4-8-2-3-13(20)17-10(8)5-9(11)14/h4-5,7H,2-3,6H2,1H3,(H,17,20)(H,15,16,18). The van der Waals surface area contributed by atoms with Gasteiger partial charge in [0.25, 0.3) is 0 Å². The van der Waals surface area contributed by atoms with Gasteiger partial charge in [-0.05, 0) is 24.1 Å². The molecule has 2 N–H and O–H groups in total. The maximum absolute atomic E-state index is 14.2. The normalized spacial score (nSPS) is 14.7. The van der Waals surface area contributed by atoms with Crippen LogP contribution in [0.4, 0.5) is 10.1 Å². The van der Waals surface area contributed by atoms with E-state index in [0.717, 1.165) is 10.4 Å². The first kappa shape index (κ1) is 15.6. The summed E-state index contributed by atoms with van der Waals surface area (Å²) in [4.78, 5) is 14.8. The second kappa shape index (κ2) is 5.70. The first-order chi connectivity index (χ1) is 10.9. The van der Waals surface area contributed by atoms with Crippen LogP contribution in [0.3, 0.4) is 0 Å². The van der Waals surface area contributed by atoms with Gasteiger partial charge in [-0.25, -0.2) is 17.8 Å². The lowest BCUT2D eigenvalue weighted by molar-refractivity contribution is -0.116. The lowest BCUT2D eigenvalue weighted by Gasteiger charge is -2.20. The number of rotatable bonds is 4. The highest BCUT2D eigenvalue weighted by Crippen LogP contribution is 2.29. The van der Waals surface area contributed by atoms with E-state index in [9.17, 15) is 17.6 Å². The Balaban J connectivity index is 1.95. The Morgan fingerprint density at radius 2 is 2.13 bits per heavy atom. The number of halogens is 1. The number of anilines is 1. The number of nitrogens with zero attached hydrogens (tertiary/aromatic N) is 3. The molecule has 0 aliphatic carbocycles. The van der Waals surface area contributed by atoms with E-state index in [1.807, 2.05) is 0 Å². The van der Waals surface area contributed by atoms with Gasteiger partial charge in [0.2, 0.25) is 15.9 Å². The van der Waals surface area contributed by atoms with Crippen LogP contribution in [0.5, 0.6) is 0 Å². The van der Waals surface area contributed by atoms with Crippen LogP contribution in [0.2, 0.25) is 0 Å². The molecule has 10 heteroatoms. The topological polar surface area (TPSA) is 108 Å². The van der Waals surface area contributed by atoms with Crippen molar-refractivity contribution in [2.75, 3.05) is 12.4 Å². The number of aromatic nitrogens is 3. The van der Waals surface area contributed by atoms with Crippen molar-refractivity contribution in [3.63, 3.8) is 0 Å². The number of hydrogen-bond donors (Lipinski definition) is 2. The van der Waals surface area contributed by atoms with Gasteiger partial charge in [-0.1, -0.05) is 0 Å². The average molecular weight is 339 g/mol. The van der Waals surface area contributed by atoms with E-state index in [-0.39, 0.29) is 18.9 Å². The van der Waals surface area contributed by atoms with Crippen LogP contribution in [-0.2, 0) is 27.8 Å². The van der Waals surface area contributed by atoms with E-state index in [2.05, 4.69) is 20.5 Å². The minimum absolute atomic E-state index is 0.0599. The third-order valence-corrected chi connectivity index (χ3v) is 5.40. The quantitative estimate of drug-likeness (QED) is 0.850. The number of hydrogen-bond acceptors (Lipinski definition) is 5. The Kier molecular flexibility index (Phi) is 3.86. The molecule has 2 heterocycles. The number of fused-ring (bicyclic) bond motifs is 1. The van der Waals surface area contributed by atoms with Crippen molar-refractivity contribution >= 4 is 21.6 Å². The van der Waals surface area contributed by atoms with Crippen LogP contribution < -0.4 is 5.32 Å². The number of benzene rings is 1. The maximum atomic E-state index is 14.2. The van der Waals surface area contributed by atoms with Gasteiger partial charge in [-0.2, -0.15) is 9.40 Å². The fourth-order valence-corrected chi connectivity index (χ4v) is 3.57. The summed E-state index contributed by atoms with van der Waals surface area (Å²) in [6.07, 6.45) is 1.87. The number of nitrogens with one attached hydrogen (secondary N) is 2. The SMILES string of the molecule is CN(Cc1ncn[nH]1)S(=O)(=O)c1cc2c(cc1F)NC(=O)CC2. The van der Waals surface area contributed by atoms with Crippen LogP contribution in [-0.4, -0.2) is 40.9 Å². The third kappa shape index (κ3) is 2.94. The second-order valence-electron chi connectivity index (χ2n) is 5.18. The van der Waals surface area contributed by atoms with Gasteiger partial charge in [0.1, 0.15) is 22.9 Å². The predicted octanol–water partition coefficient (Wildman–Crippen LogP) is 0.649.